The molecule has 4 aliphatic rings. The summed E-state index contributed by atoms with van der Waals surface area (Å²) < 4.78 is 10.3. The largest absolute Gasteiger partial charge is 0.463 e. The van der Waals surface area contributed by atoms with Crippen molar-refractivity contribution in [3.63, 3.8) is 0 Å². The number of aliphatic hydroxyl groups is 1. The lowest BCUT2D eigenvalue weighted by Crippen LogP contribution is -2.55. The van der Waals surface area contributed by atoms with Gasteiger partial charge in [-0.2, -0.15) is 0 Å². The first kappa shape index (κ1) is 12.5. The molecule has 0 spiro atoms. The Bertz CT molecular complexity index is 516. The Morgan fingerprint density at radius 2 is 1.80 bits per heavy atom. The number of ether oxygens (including phenoxy) is 1. The van der Waals surface area contributed by atoms with E-state index in [1.54, 1.807) is 12.1 Å². The highest BCUT2D eigenvalue weighted by Gasteiger charge is 2.58. The number of esters is 1. The van der Waals surface area contributed by atoms with Crippen LogP contribution in [-0.2, 0) is 10.3 Å². The van der Waals surface area contributed by atoms with Gasteiger partial charge in [-0.25, -0.2) is 4.79 Å². The fraction of sp³-hybridized carbons (Fsp3) is 0.688. The molecule has 4 nitrogen and oxygen atoms in total. The van der Waals surface area contributed by atoms with Gasteiger partial charge in [-0.15, -0.1) is 0 Å². The van der Waals surface area contributed by atoms with Gasteiger partial charge in [0.05, 0.1) is 7.11 Å². The molecular formula is C16H20O4. The Balaban J connectivity index is 1.70. The summed E-state index contributed by atoms with van der Waals surface area (Å²) in [7, 11) is 1.34. The van der Waals surface area contributed by atoms with Crippen LogP contribution in [0.4, 0.5) is 0 Å². The quantitative estimate of drug-likeness (QED) is 0.844. The van der Waals surface area contributed by atoms with Crippen LogP contribution >= 0.6 is 0 Å². The molecular weight excluding hydrogens is 256 g/mol. The van der Waals surface area contributed by atoms with Gasteiger partial charge in [0.25, 0.3) is 0 Å². The van der Waals surface area contributed by atoms with Crippen LogP contribution in [0.15, 0.2) is 16.5 Å². The van der Waals surface area contributed by atoms with Gasteiger partial charge in [0, 0.05) is 0 Å². The Kier molecular flexibility index (Phi) is 2.56. The third-order valence-corrected chi connectivity index (χ3v) is 5.77. The minimum atomic E-state index is -0.875. The first-order chi connectivity index (χ1) is 9.61. The van der Waals surface area contributed by atoms with E-state index >= 15 is 0 Å². The second-order valence-electron chi connectivity index (χ2n) is 6.79. The summed E-state index contributed by atoms with van der Waals surface area (Å²) in [5.41, 5.74) is -0.875. The second-order valence-corrected chi connectivity index (χ2v) is 6.79. The minimum Gasteiger partial charge on any atom is -0.463 e. The summed E-state index contributed by atoms with van der Waals surface area (Å²) in [4.78, 5) is 11.5. The molecule has 0 atom stereocenters. The van der Waals surface area contributed by atoms with E-state index in [9.17, 15) is 9.90 Å². The first-order valence-electron chi connectivity index (χ1n) is 7.52. The van der Waals surface area contributed by atoms with E-state index in [-0.39, 0.29) is 17.6 Å². The van der Waals surface area contributed by atoms with Crippen molar-refractivity contribution in [2.45, 2.75) is 37.7 Å². The number of carbonyl (C=O) groups excluding carboxylic acids is 1. The van der Waals surface area contributed by atoms with Crippen molar-refractivity contribution in [1.82, 2.24) is 0 Å². The molecule has 4 bridgehead atoms. The number of carbonyl (C=O) groups is 1. The van der Waals surface area contributed by atoms with Crippen molar-refractivity contribution in [3.05, 3.63) is 23.7 Å². The van der Waals surface area contributed by atoms with E-state index in [0.29, 0.717) is 5.76 Å². The molecule has 4 heteroatoms. The smallest absolute Gasteiger partial charge is 0.373 e. The molecule has 0 aliphatic heterocycles. The molecule has 0 radical (unpaired) electrons. The lowest BCUT2D eigenvalue weighted by atomic mass is 9.49. The lowest BCUT2D eigenvalue weighted by Gasteiger charge is -2.58. The Labute approximate surface area is 118 Å². The van der Waals surface area contributed by atoms with Crippen LogP contribution < -0.4 is 0 Å². The zero-order valence-electron chi connectivity index (χ0n) is 11.7. The van der Waals surface area contributed by atoms with Gasteiger partial charge in [-0.05, 0) is 67.9 Å². The Morgan fingerprint density at radius 1 is 1.20 bits per heavy atom. The summed E-state index contributed by atoms with van der Waals surface area (Å²) in [6.07, 6.45) is 5.72. The molecule has 0 amide bonds. The average molecular weight is 276 g/mol. The van der Waals surface area contributed by atoms with Crippen LogP contribution in [0, 0.1) is 23.7 Å². The maximum atomic E-state index is 11.5. The van der Waals surface area contributed by atoms with Crippen molar-refractivity contribution in [2.24, 2.45) is 23.7 Å². The summed E-state index contributed by atoms with van der Waals surface area (Å²) in [5, 5.41) is 11.3. The van der Waals surface area contributed by atoms with Crippen molar-refractivity contribution < 1.29 is 19.1 Å². The maximum Gasteiger partial charge on any atom is 0.373 e. The van der Waals surface area contributed by atoms with Gasteiger partial charge < -0.3 is 14.3 Å². The number of rotatable bonds is 2. The molecule has 108 valence electrons. The maximum absolute atomic E-state index is 11.5. The van der Waals surface area contributed by atoms with Crippen LogP contribution in [0.3, 0.4) is 0 Å². The van der Waals surface area contributed by atoms with Crippen molar-refractivity contribution in [1.29, 1.82) is 0 Å². The molecule has 4 aliphatic carbocycles. The van der Waals surface area contributed by atoms with Gasteiger partial charge >= 0.3 is 5.97 Å². The monoisotopic (exact) mass is 276 g/mol. The van der Waals surface area contributed by atoms with E-state index in [2.05, 4.69) is 4.74 Å². The molecule has 4 saturated carbocycles. The van der Waals surface area contributed by atoms with Crippen LogP contribution in [0.25, 0.3) is 0 Å². The molecule has 1 heterocycles. The minimum absolute atomic E-state index is 0.185. The molecule has 5 rings (SSSR count). The van der Waals surface area contributed by atoms with Gasteiger partial charge in [-0.3, -0.25) is 0 Å². The summed E-state index contributed by atoms with van der Waals surface area (Å²) in [6, 6.07) is 3.37. The van der Waals surface area contributed by atoms with Crippen LogP contribution in [-0.4, -0.2) is 18.2 Å². The van der Waals surface area contributed by atoms with Gasteiger partial charge in [0.1, 0.15) is 11.4 Å². The number of hydrogen-bond donors (Lipinski definition) is 1. The zero-order chi connectivity index (χ0) is 13.9. The summed E-state index contributed by atoms with van der Waals surface area (Å²) in [5.74, 6) is 2.41. The fourth-order valence-electron chi connectivity index (χ4n) is 5.07. The van der Waals surface area contributed by atoms with E-state index < -0.39 is 11.6 Å². The van der Waals surface area contributed by atoms with Crippen molar-refractivity contribution in [3.8, 4) is 0 Å². The molecule has 0 aromatic carbocycles. The predicted molar refractivity (Wildman–Crippen MR) is 71.0 cm³/mol. The zero-order valence-corrected chi connectivity index (χ0v) is 11.7. The van der Waals surface area contributed by atoms with Gasteiger partial charge in [0.2, 0.25) is 5.76 Å². The van der Waals surface area contributed by atoms with E-state index in [1.165, 1.54) is 13.5 Å². The van der Waals surface area contributed by atoms with Gasteiger partial charge in [0.15, 0.2) is 0 Å². The lowest BCUT2D eigenvalue weighted by molar-refractivity contribution is -0.189. The van der Waals surface area contributed by atoms with Crippen LogP contribution in [0.2, 0.25) is 0 Å². The molecule has 1 aromatic rings. The van der Waals surface area contributed by atoms with E-state index in [1.807, 2.05) is 0 Å². The Morgan fingerprint density at radius 3 is 2.35 bits per heavy atom. The van der Waals surface area contributed by atoms with E-state index in [0.717, 1.165) is 37.5 Å². The number of methoxy groups -OCH3 is 1. The van der Waals surface area contributed by atoms with E-state index in [4.69, 9.17) is 4.42 Å². The normalized spacial score (nSPS) is 41.9. The number of hydrogen-bond acceptors (Lipinski definition) is 4. The third-order valence-electron chi connectivity index (χ3n) is 5.77. The van der Waals surface area contributed by atoms with Crippen molar-refractivity contribution >= 4 is 5.97 Å². The summed E-state index contributed by atoms with van der Waals surface area (Å²) in [6.45, 7) is 0. The molecule has 0 saturated heterocycles. The molecule has 0 unspecified atom stereocenters. The second kappa shape index (κ2) is 4.10. The topological polar surface area (TPSA) is 59.7 Å². The third kappa shape index (κ3) is 1.54. The Hall–Kier alpha value is -1.29. The first-order valence-corrected chi connectivity index (χ1v) is 7.52. The highest BCUT2D eigenvalue weighted by Crippen LogP contribution is 2.61. The molecule has 1 N–H and O–H groups in total. The van der Waals surface area contributed by atoms with Gasteiger partial charge in [-0.1, -0.05) is 0 Å². The fourth-order valence-corrected chi connectivity index (χ4v) is 5.07. The predicted octanol–water partition coefficient (Wildman–Crippen LogP) is 2.71. The van der Waals surface area contributed by atoms with Crippen LogP contribution in [0.5, 0.6) is 0 Å². The SMILES string of the molecule is COC(=O)c1ccc(C2(O)C3CC4CC(C3)CC2C4)o1. The highest BCUT2D eigenvalue weighted by atomic mass is 16.5. The molecule has 1 aromatic heterocycles. The summed E-state index contributed by atoms with van der Waals surface area (Å²) >= 11 is 0. The number of furan rings is 1. The highest BCUT2D eigenvalue weighted by molar-refractivity contribution is 5.86. The standard InChI is InChI=1S/C16H20O4/c1-19-15(17)13-2-3-14(20-13)16(18)11-5-9-4-10(7-11)8-12(16)6-9/h2-3,9-12,18H,4-8H2,1H3. The van der Waals surface area contributed by atoms with Crippen LogP contribution in [0.1, 0.15) is 48.4 Å². The van der Waals surface area contributed by atoms with Crippen molar-refractivity contribution in [2.75, 3.05) is 7.11 Å². The molecule has 20 heavy (non-hydrogen) atoms. The average Bonchev–Trinajstić information content (AvgIpc) is 2.93. The molecule has 4 fully saturated rings.